The zero-order valence-electron chi connectivity index (χ0n) is 12.4. The summed E-state index contributed by atoms with van der Waals surface area (Å²) in [4.78, 5) is 18.0. The Kier molecular flexibility index (Phi) is 4.45. The molecule has 0 amide bonds. The Balaban J connectivity index is 2.25. The molecule has 0 bridgehead atoms. The largest absolute Gasteiger partial charge is 0.494 e. The topological polar surface area (TPSA) is 122 Å². The van der Waals surface area contributed by atoms with Crippen LogP contribution < -0.4 is 5.32 Å². The fraction of sp³-hybridized carbons (Fsp3) is 0.267. The summed E-state index contributed by atoms with van der Waals surface area (Å²) in [6.45, 7) is 3.46. The second-order valence-corrected chi connectivity index (χ2v) is 5.08. The number of allylic oxidation sites excluding steroid dienone is 1. The average Bonchev–Trinajstić information content (AvgIpc) is 2.79. The normalized spacial score (nSPS) is 12.1. The molecule has 7 nitrogen and oxygen atoms in total. The van der Waals surface area contributed by atoms with Crippen molar-refractivity contribution in [1.29, 1.82) is 5.41 Å². The van der Waals surface area contributed by atoms with Crippen molar-refractivity contribution in [2.75, 3.05) is 5.32 Å². The number of aliphatic carboxylic acids is 1. The van der Waals surface area contributed by atoms with Crippen molar-refractivity contribution in [1.82, 2.24) is 9.97 Å². The standard InChI is InChI=1S/C15H18N4O3/c1-8-3-5-11-12(7-8)18-15(17-11)19-14(22)10(9(2)16)4-6-13(20)21/h3,5,7,16,22H,4,6H2,1-2H3,(H,20,21)(H2,17,18,19)/b14-10+,16-9?. The van der Waals surface area contributed by atoms with Crippen molar-refractivity contribution in [3.05, 3.63) is 35.2 Å². The van der Waals surface area contributed by atoms with Gasteiger partial charge in [0.2, 0.25) is 5.95 Å². The molecular weight excluding hydrogens is 284 g/mol. The third-order valence-electron chi connectivity index (χ3n) is 3.20. The number of aryl methyl sites for hydroxylation is 1. The van der Waals surface area contributed by atoms with Gasteiger partial charge < -0.3 is 20.6 Å². The predicted octanol–water partition coefficient (Wildman–Crippen LogP) is 2.96. The molecule has 0 saturated carbocycles. The summed E-state index contributed by atoms with van der Waals surface area (Å²) in [5, 5.41) is 29.2. The highest BCUT2D eigenvalue weighted by Gasteiger charge is 2.12. The fourth-order valence-electron chi connectivity index (χ4n) is 2.08. The average molecular weight is 302 g/mol. The summed E-state index contributed by atoms with van der Waals surface area (Å²) in [5.74, 6) is -0.900. The van der Waals surface area contributed by atoms with Crippen LogP contribution in [0.5, 0.6) is 0 Å². The van der Waals surface area contributed by atoms with Crippen molar-refractivity contribution in [2.24, 2.45) is 0 Å². The maximum absolute atomic E-state index is 10.6. The first-order chi connectivity index (χ1) is 10.4. The van der Waals surface area contributed by atoms with E-state index >= 15 is 0 Å². The number of carboxylic acid groups (broad SMARTS) is 1. The van der Waals surface area contributed by atoms with E-state index in [4.69, 9.17) is 10.5 Å². The number of nitrogens with zero attached hydrogens (tertiary/aromatic N) is 1. The molecule has 1 aromatic carbocycles. The molecule has 0 aliphatic carbocycles. The predicted molar refractivity (Wildman–Crippen MR) is 84.4 cm³/mol. The van der Waals surface area contributed by atoms with Crippen LogP contribution >= 0.6 is 0 Å². The molecule has 1 aromatic heterocycles. The molecule has 0 saturated heterocycles. The molecular formula is C15H18N4O3. The number of H-pyrrole nitrogens is 1. The maximum Gasteiger partial charge on any atom is 0.303 e. The minimum Gasteiger partial charge on any atom is -0.494 e. The van der Waals surface area contributed by atoms with Gasteiger partial charge in [0.15, 0.2) is 5.88 Å². The molecule has 0 radical (unpaired) electrons. The quantitative estimate of drug-likeness (QED) is 0.415. The SMILES string of the molecule is CC(=N)/C(CCC(=O)O)=C(/O)Nc1nc2cc(C)ccc2[nH]1. The number of anilines is 1. The number of benzene rings is 1. The molecule has 116 valence electrons. The summed E-state index contributed by atoms with van der Waals surface area (Å²) in [5.41, 5.74) is 3.01. The molecule has 0 unspecified atom stereocenters. The molecule has 0 aliphatic heterocycles. The molecule has 1 heterocycles. The van der Waals surface area contributed by atoms with Crippen molar-refractivity contribution >= 4 is 28.7 Å². The Morgan fingerprint density at radius 2 is 2.09 bits per heavy atom. The second kappa shape index (κ2) is 6.30. The maximum atomic E-state index is 10.6. The van der Waals surface area contributed by atoms with Crippen LogP contribution in [0, 0.1) is 12.3 Å². The van der Waals surface area contributed by atoms with Crippen molar-refractivity contribution in [3.63, 3.8) is 0 Å². The zero-order chi connectivity index (χ0) is 16.3. The number of aromatic amines is 1. The number of rotatable bonds is 6. The molecule has 0 spiro atoms. The molecule has 0 atom stereocenters. The van der Waals surface area contributed by atoms with Gasteiger partial charge in [-0.2, -0.15) is 0 Å². The summed E-state index contributed by atoms with van der Waals surface area (Å²) < 4.78 is 0. The summed E-state index contributed by atoms with van der Waals surface area (Å²) >= 11 is 0. The van der Waals surface area contributed by atoms with Crippen LogP contribution in [0.4, 0.5) is 5.95 Å². The highest BCUT2D eigenvalue weighted by Crippen LogP contribution is 2.18. The van der Waals surface area contributed by atoms with Crippen LogP contribution in [0.1, 0.15) is 25.3 Å². The Bertz CT molecular complexity index is 761. The van der Waals surface area contributed by atoms with Gasteiger partial charge in [0.25, 0.3) is 0 Å². The van der Waals surface area contributed by atoms with E-state index in [-0.39, 0.29) is 30.0 Å². The highest BCUT2D eigenvalue weighted by atomic mass is 16.4. The lowest BCUT2D eigenvalue weighted by Crippen LogP contribution is -2.10. The minimum absolute atomic E-state index is 0.0723. The lowest BCUT2D eigenvalue weighted by atomic mass is 10.1. The van der Waals surface area contributed by atoms with E-state index < -0.39 is 5.97 Å². The Morgan fingerprint density at radius 1 is 1.36 bits per heavy atom. The van der Waals surface area contributed by atoms with E-state index in [1.54, 1.807) is 0 Å². The molecule has 5 N–H and O–H groups in total. The lowest BCUT2D eigenvalue weighted by molar-refractivity contribution is -0.136. The van der Waals surface area contributed by atoms with Crippen LogP contribution in [0.2, 0.25) is 0 Å². The minimum atomic E-state index is -0.981. The number of aliphatic hydroxyl groups is 1. The van der Waals surface area contributed by atoms with Gasteiger partial charge in [-0.1, -0.05) is 6.07 Å². The van der Waals surface area contributed by atoms with Gasteiger partial charge in [0.05, 0.1) is 11.0 Å². The Hall–Kier alpha value is -2.83. The number of carbonyl (C=O) groups is 1. The molecule has 2 rings (SSSR count). The summed E-state index contributed by atoms with van der Waals surface area (Å²) in [6, 6.07) is 5.74. The zero-order valence-corrected chi connectivity index (χ0v) is 12.4. The number of hydrogen-bond acceptors (Lipinski definition) is 5. The number of hydrogen-bond donors (Lipinski definition) is 5. The van der Waals surface area contributed by atoms with E-state index in [0.29, 0.717) is 5.95 Å². The van der Waals surface area contributed by atoms with E-state index in [2.05, 4.69) is 15.3 Å². The van der Waals surface area contributed by atoms with E-state index in [9.17, 15) is 9.90 Å². The number of imidazole rings is 1. The van der Waals surface area contributed by atoms with Crippen molar-refractivity contribution in [3.8, 4) is 0 Å². The summed E-state index contributed by atoms with van der Waals surface area (Å²) in [6.07, 6.45) is -0.0839. The van der Waals surface area contributed by atoms with Crippen LogP contribution in [-0.2, 0) is 4.79 Å². The Labute approximate surface area is 127 Å². The third-order valence-corrected chi connectivity index (χ3v) is 3.20. The van der Waals surface area contributed by atoms with Gasteiger partial charge in [-0.25, -0.2) is 4.98 Å². The number of carboxylic acids is 1. The number of fused-ring (bicyclic) bond motifs is 1. The van der Waals surface area contributed by atoms with Crippen LogP contribution in [0.3, 0.4) is 0 Å². The molecule has 22 heavy (non-hydrogen) atoms. The first-order valence-corrected chi connectivity index (χ1v) is 6.79. The van der Waals surface area contributed by atoms with Gasteiger partial charge in [-0.3, -0.25) is 10.1 Å². The summed E-state index contributed by atoms with van der Waals surface area (Å²) in [7, 11) is 0. The molecule has 0 aliphatic rings. The third kappa shape index (κ3) is 3.63. The monoisotopic (exact) mass is 302 g/mol. The van der Waals surface area contributed by atoms with E-state index in [1.807, 2.05) is 25.1 Å². The van der Waals surface area contributed by atoms with Gasteiger partial charge in [-0.05, 0) is 38.0 Å². The van der Waals surface area contributed by atoms with E-state index in [0.717, 1.165) is 16.6 Å². The fourth-order valence-corrected chi connectivity index (χ4v) is 2.08. The number of aromatic nitrogens is 2. The first-order valence-electron chi connectivity index (χ1n) is 6.79. The van der Waals surface area contributed by atoms with Crippen LogP contribution in [0.25, 0.3) is 11.0 Å². The first kappa shape index (κ1) is 15.6. The van der Waals surface area contributed by atoms with Gasteiger partial charge in [-0.15, -0.1) is 0 Å². The van der Waals surface area contributed by atoms with Crippen molar-refractivity contribution in [2.45, 2.75) is 26.7 Å². The molecule has 0 fully saturated rings. The number of nitrogens with one attached hydrogen (secondary N) is 3. The molecule has 2 aromatic rings. The second-order valence-electron chi connectivity index (χ2n) is 5.08. The lowest BCUT2D eigenvalue weighted by Gasteiger charge is -2.09. The van der Waals surface area contributed by atoms with Crippen LogP contribution in [-0.4, -0.2) is 31.9 Å². The smallest absolute Gasteiger partial charge is 0.303 e. The van der Waals surface area contributed by atoms with Gasteiger partial charge in [0.1, 0.15) is 0 Å². The van der Waals surface area contributed by atoms with Gasteiger partial charge >= 0.3 is 5.97 Å². The van der Waals surface area contributed by atoms with Gasteiger partial charge in [0, 0.05) is 17.7 Å². The Morgan fingerprint density at radius 3 is 2.73 bits per heavy atom. The van der Waals surface area contributed by atoms with E-state index in [1.165, 1.54) is 6.92 Å². The highest BCUT2D eigenvalue weighted by molar-refractivity contribution is 5.96. The van der Waals surface area contributed by atoms with Crippen molar-refractivity contribution < 1.29 is 15.0 Å². The van der Waals surface area contributed by atoms with Crippen LogP contribution in [0.15, 0.2) is 29.7 Å². The number of aliphatic hydroxyl groups excluding tert-OH is 1. The molecule has 7 heteroatoms.